The van der Waals surface area contributed by atoms with E-state index in [1.807, 2.05) is 44.2 Å². The fourth-order valence-electron chi connectivity index (χ4n) is 2.44. The van der Waals surface area contributed by atoms with Gasteiger partial charge < -0.3 is 4.98 Å². The fourth-order valence-corrected chi connectivity index (χ4v) is 3.03. The lowest BCUT2D eigenvalue weighted by atomic mass is 10.1. The highest BCUT2D eigenvalue weighted by atomic mass is 35.5. The van der Waals surface area contributed by atoms with E-state index in [9.17, 15) is 4.79 Å². The molecule has 0 radical (unpaired) electrons. The summed E-state index contributed by atoms with van der Waals surface area (Å²) in [6.45, 7) is 3.86. The molecule has 0 bridgehead atoms. The van der Waals surface area contributed by atoms with Crippen LogP contribution in [0.2, 0.25) is 5.02 Å². The van der Waals surface area contributed by atoms with Crippen molar-refractivity contribution in [3.8, 4) is 5.69 Å². The van der Waals surface area contributed by atoms with Crippen LogP contribution in [0, 0.1) is 18.6 Å². The Morgan fingerprint density at radius 3 is 2.67 bits per heavy atom. The molecular formula is C16H13ClN2OS. The number of hydrogen-bond donors (Lipinski definition) is 1. The third-order valence-electron chi connectivity index (χ3n) is 3.47. The molecule has 0 spiro atoms. The van der Waals surface area contributed by atoms with E-state index in [1.54, 1.807) is 6.07 Å². The van der Waals surface area contributed by atoms with Crippen LogP contribution in [0.5, 0.6) is 0 Å². The summed E-state index contributed by atoms with van der Waals surface area (Å²) >= 11 is 11.6. The van der Waals surface area contributed by atoms with Crippen LogP contribution in [-0.4, -0.2) is 9.55 Å². The summed E-state index contributed by atoms with van der Waals surface area (Å²) in [5, 5.41) is 1.10. The SMILES string of the molecule is Cc1ccc2[nH]c(=S)n(-c3c(C)cccc3Cl)c(=O)c2c1. The molecule has 0 saturated heterocycles. The van der Waals surface area contributed by atoms with Gasteiger partial charge in [0.1, 0.15) is 0 Å². The van der Waals surface area contributed by atoms with E-state index in [2.05, 4.69) is 4.98 Å². The molecule has 1 heterocycles. The van der Waals surface area contributed by atoms with Crippen LogP contribution in [0.25, 0.3) is 16.6 Å². The number of nitrogens with zero attached hydrogens (tertiary/aromatic N) is 1. The molecule has 0 fully saturated rings. The van der Waals surface area contributed by atoms with Gasteiger partial charge in [0.15, 0.2) is 4.77 Å². The maximum atomic E-state index is 12.8. The molecule has 0 saturated carbocycles. The molecule has 1 aromatic heterocycles. The molecule has 3 aromatic rings. The topological polar surface area (TPSA) is 37.8 Å². The van der Waals surface area contributed by atoms with E-state index in [0.717, 1.165) is 16.6 Å². The Hall–Kier alpha value is -1.91. The van der Waals surface area contributed by atoms with E-state index in [0.29, 0.717) is 20.9 Å². The standard InChI is InChI=1S/C16H13ClN2OS/c1-9-6-7-13-11(8-9)15(20)19(16(21)18-13)14-10(2)4-3-5-12(14)17/h3-8H,1-2H3,(H,18,21). The summed E-state index contributed by atoms with van der Waals surface area (Å²) in [6, 6.07) is 11.2. The van der Waals surface area contributed by atoms with Crippen LogP contribution in [-0.2, 0) is 0 Å². The van der Waals surface area contributed by atoms with Crippen molar-refractivity contribution < 1.29 is 0 Å². The first-order valence-corrected chi connectivity index (χ1v) is 7.29. The molecule has 106 valence electrons. The van der Waals surface area contributed by atoms with Gasteiger partial charge in [0, 0.05) is 0 Å². The van der Waals surface area contributed by atoms with Crippen molar-refractivity contribution >= 4 is 34.7 Å². The van der Waals surface area contributed by atoms with Crippen LogP contribution in [0.3, 0.4) is 0 Å². The number of aryl methyl sites for hydroxylation is 2. The van der Waals surface area contributed by atoms with Crippen molar-refractivity contribution in [3.05, 3.63) is 67.7 Å². The predicted molar refractivity (Wildman–Crippen MR) is 89.2 cm³/mol. The number of aromatic amines is 1. The van der Waals surface area contributed by atoms with Crippen molar-refractivity contribution in [1.29, 1.82) is 0 Å². The number of aromatic nitrogens is 2. The van der Waals surface area contributed by atoms with Crippen LogP contribution in [0.4, 0.5) is 0 Å². The van der Waals surface area contributed by atoms with E-state index >= 15 is 0 Å². The molecule has 0 aliphatic carbocycles. The van der Waals surface area contributed by atoms with E-state index in [4.69, 9.17) is 23.8 Å². The van der Waals surface area contributed by atoms with Gasteiger partial charge in [-0.15, -0.1) is 0 Å². The Balaban J connectivity index is 2.49. The van der Waals surface area contributed by atoms with Gasteiger partial charge in [-0.1, -0.05) is 35.4 Å². The number of benzene rings is 2. The normalized spacial score (nSPS) is 11.0. The molecule has 21 heavy (non-hydrogen) atoms. The third kappa shape index (κ3) is 2.30. The summed E-state index contributed by atoms with van der Waals surface area (Å²) in [4.78, 5) is 15.9. The third-order valence-corrected chi connectivity index (χ3v) is 4.06. The molecule has 0 atom stereocenters. The van der Waals surface area contributed by atoms with E-state index in [1.165, 1.54) is 4.57 Å². The second-order valence-corrected chi connectivity index (χ2v) is 5.82. The van der Waals surface area contributed by atoms with Gasteiger partial charge in [-0.3, -0.25) is 9.36 Å². The van der Waals surface area contributed by atoms with Crippen LogP contribution in [0.1, 0.15) is 11.1 Å². The lowest BCUT2D eigenvalue weighted by Crippen LogP contribution is -2.21. The molecule has 2 aromatic carbocycles. The molecule has 0 aliphatic rings. The van der Waals surface area contributed by atoms with E-state index in [-0.39, 0.29) is 5.56 Å². The summed E-state index contributed by atoms with van der Waals surface area (Å²) < 4.78 is 1.81. The minimum absolute atomic E-state index is 0.159. The van der Waals surface area contributed by atoms with Crippen molar-refractivity contribution in [3.63, 3.8) is 0 Å². The summed E-state index contributed by atoms with van der Waals surface area (Å²) in [5.74, 6) is 0. The van der Waals surface area contributed by atoms with Crippen molar-refractivity contribution in [2.24, 2.45) is 0 Å². The molecule has 1 N–H and O–H groups in total. The summed E-state index contributed by atoms with van der Waals surface area (Å²) in [5.41, 5.74) is 3.13. The summed E-state index contributed by atoms with van der Waals surface area (Å²) in [6.07, 6.45) is 0. The Morgan fingerprint density at radius 2 is 1.95 bits per heavy atom. The highest BCUT2D eigenvalue weighted by Crippen LogP contribution is 2.23. The van der Waals surface area contributed by atoms with Gasteiger partial charge in [0.25, 0.3) is 5.56 Å². The number of halogens is 1. The second-order valence-electron chi connectivity index (χ2n) is 5.03. The number of hydrogen-bond acceptors (Lipinski definition) is 2. The number of nitrogens with one attached hydrogen (secondary N) is 1. The lowest BCUT2D eigenvalue weighted by Gasteiger charge is -2.12. The maximum absolute atomic E-state index is 12.8. The Labute approximate surface area is 131 Å². The van der Waals surface area contributed by atoms with E-state index < -0.39 is 0 Å². The highest BCUT2D eigenvalue weighted by Gasteiger charge is 2.12. The molecular weight excluding hydrogens is 304 g/mol. The Bertz CT molecular complexity index is 952. The largest absolute Gasteiger partial charge is 0.331 e. The highest BCUT2D eigenvalue weighted by molar-refractivity contribution is 7.71. The smallest absolute Gasteiger partial charge is 0.266 e. The van der Waals surface area contributed by atoms with Gasteiger partial charge in [-0.05, 0) is 49.8 Å². The molecule has 0 aliphatic heterocycles. The minimum Gasteiger partial charge on any atom is -0.331 e. The lowest BCUT2D eigenvalue weighted by molar-refractivity contribution is 0.930. The van der Waals surface area contributed by atoms with Crippen molar-refractivity contribution in [2.45, 2.75) is 13.8 Å². The number of para-hydroxylation sites is 1. The van der Waals surface area contributed by atoms with Gasteiger partial charge >= 0.3 is 0 Å². The Morgan fingerprint density at radius 1 is 1.19 bits per heavy atom. The first kappa shape index (κ1) is 14.0. The van der Waals surface area contributed by atoms with Gasteiger partial charge in [0.2, 0.25) is 0 Å². The quantitative estimate of drug-likeness (QED) is 0.679. The van der Waals surface area contributed by atoms with Crippen LogP contribution >= 0.6 is 23.8 Å². The van der Waals surface area contributed by atoms with Crippen LogP contribution in [0.15, 0.2) is 41.2 Å². The van der Waals surface area contributed by atoms with Crippen LogP contribution < -0.4 is 5.56 Å². The average Bonchev–Trinajstić information content (AvgIpc) is 2.43. The molecule has 0 amide bonds. The Kier molecular flexibility index (Phi) is 3.43. The first-order valence-electron chi connectivity index (χ1n) is 6.50. The summed E-state index contributed by atoms with van der Waals surface area (Å²) in [7, 11) is 0. The maximum Gasteiger partial charge on any atom is 0.266 e. The minimum atomic E-state index is -0.159. The fraction of sp³-hybridized carbons (Fsp3) is 0.125. The zero-order chi connectivity index (χ0) is 15.1. The molecule has 5 heteroatoms. The average molecular weight is 317 g/mol. The number of H-pyrrole nitrogens is 1. The molecule has 0 unspecified atom stereocenters. The predicted octanol–water partition coefficient (Wildman–Crippen LogP) is 4.32. The first-order chi connectivity index (χ1) is 9.99. The second kappa shape index (κ2) is 5.13. The number of rotatable bonds is 1. The zero-order valence-corrected chi connectivity index (χ0v) is 13.2. The molecule has 3 rings (SSSR count). The molecule has 3 nitrogen and oxygen atoms in total. The van der Waals surface area contributed by atoms with Gasteiger partial charge in [0.05, 0.1) is 21.6 Å². The van der Waals surface area contributed by atoms with Crippen molar-refractivity contribution in [2.75, 3.05) is 0 Å². The number of fused-ring (bicyclic) bond motifs is 1. The van der Waals surface area contributed by atoms with Crippen molar-refractivity contribution in [1.82, 2.24) is 9.55 Å². The van der Waals surface area contributed by atoms with Gasteiger partial charge in [-0.2, -0.15) is 0 Å². The zero-order valence-electron chi connectivity index (χ0n) is 11.6. The monoisotopic (exact) mass is 316 g/mol. The van der Waals surface area contributed by atoms with Gasteiger partial charge in [-0.25, -0.2) is 0 Å².